The van der Waals surface area contributed by atoms with Gasteiger partial charge in [-0.2, -0.15) is 0 Å². The van der Waals surface area contributed by atoms with Gasteiger partial charge in [0.25, 0.3) is 0 Å². The van der Waals surface area contributed by atoms with E-state index in [2.05, 4.69) is 5.32 Å². The molecular weight excluding hydrogens is 390 g/mol. The molecule has 0 saturated carbocycles. The average Bonchev–Trinajstić information content (AvgIpc) is 3.19. The van der Waals surface area contributed by atoms with Gasteiger partial charge in [-0.15, -0.1) is 0 Å². The van der Waals surface area contributed by atoms with Gasteiger partial charge in [0.15, 0.2) is 0 Å². The maximum atomic E-state index is 13.2. The Morgan fingerprint density at radius 2 is 1.78 bits per heavy atom. The van der Waals surface area contributed by atoms with E-state index in [-0.39, 0.29) is 5.91 Å². The molecule has 3 rings (SSSR count). The van der Waals surface area contributed by atoms with Crippen molar-refractivity contribution in [3.63, 3.8) is 0 Å². The fourth-order valence-corrected chi connectivity index (χ4v) is 3.52. The van der Waals surface area contributed by atoms with Gasteiger partial charge >= 0.3 is 0 Å². The molecule has 0 spiro atoms. The zero-order chi connectivity index (χ0) is 19.4. The van der Waals surface area contributed by atoms with Crippen LogP contribution in [0.1, 0.15) is 30.1 Å². The summed E-state index contributed by atoms with van der Waals surface area (Å²) in [6.45, 7) is 1.69. The van der Waals surface area contributed by atoms with Crippen molar-refractivity contribution in [2.75, 3.05) is 13.1 Å². The third kappa shape index (κ3) is 4.99. The van der Waals surface area contributed by atoms with Gasteiger partial charge in [0.1, 0.15) is 18.0 Å². The Balaban J connectivity index is 1.78. The number of carbonyl (C=O) groups excluding carboxylic acids is 1. The van der Waals surface area contributed by atoms with Crippen LogP contribution in [-0.4, -0.2) is 35.0 Å². The third-order valence-electron chi connectivity index (χ3n) is 4.72. The van der Waals surface area contributed by atoms with Crippen molar-refractivity contribution in [2.45, 2.75) is 31.5 Å². The number of aliphatic hydroxyl groups is 1. The summed E-state index contributed by atoms with van der Waals surface area (Å²) in [4.78, 5) is 14.7. The summed E-state index contributed by atoms with van der Waals surface area (Å²) in [6, 6.07) is 9.90. The highest BCUT2D eigenvalue weighted by molar-refractivity contribution is 6.42. The maximum Gasteiger partial charge on any atom is 0.242 e. The molecule has 0 unspecified atom stereocenters. The summed E-state index contributed by atoms with van der Waals surface area (Å²) in [6.07, 6.45) is 0.817. The van der Waals surface area contributed by atoms with Crippen molar-refractivity contribution in [2.24, 2.45) is 0 Å². The molecule has 2 atom stereocenters. The number of nitrogens with one attached hydrogen (secondary N) is 1. The largest absolute Gasteiger partial charge is 0.386 e. The van der Waals surface area contributed by atoms with E-state index in [1.807, 2.05) is 6.07 Å². The second-order valence-electron chi connectivity index (χ2n) is 6.64. The maximum absolute atomic E-state index is 13.2. The predicted molar refractivity (Wildman–Crippen MR) is 104 cm³/mol. The van der Waals surface area contributed by atoms with Crippen LogP contribution >= 0.6 is 23.2 Å². The van der Waals surface area contributed by atoms with Gasteiger partial charge in [0, 0.05) is 19.6 Å². The summed E-state index contributed by atoms with van der Waals surface area (Å²) in [7, 11) is 0. The van der Waals surface area contributed by atoms with Crippen LogP contribution < -0.4 is 5.32 Å². The van der Waals surface area contributed by atoms with E-state index in [1.165, 1.54) is 24.3 Å². The first-order valence-electron chi connectivity index (χ1n) is 8.85. The summed E-state index contributed by atoms with van der Waals surface area (Å²) < 4.78 is 13.2. The van der Waals surface area contributed by atoms with Crippen LogP contribution in [0.2, 0.25) is 10.0 Å². The number of aliphatic hydroxyl groups excluding tert-OH is 1. The first kappa shape index (κ1) is 20.1. The lowest BCUT2D eigenvalue weighted by Gasteiger charge is -2.28. The van der Waals surface area contributed by atoms with E-state index in [1.54, 1.807) is 17.0 Å². The Kier molecular flexibility index (Phi) is 6.71. The second-order valence-corrected chi connectivity index (χ2v) is 7.45. The minimum absolute atomic E-state index is 0.163. The number of hydrogen-bond donors (Lipinski definition) is 2. The quantitative estimate of drug-likeness (QED) is 0.757. The van der Waals surface area contributed by atoms with E-state index in [0.29, 0.717) is 35.2 Å². The van der Waals surface area contributed by atoms with Crippen molar-refractivity contribution in [3.05, 3.63) is 69.5 Å². The van der Waals surface area contributed by atoms with E-state index in [9.17, 15) is 14.3 Å². The van der Waals surface area contributed by atoms with Crippen molar-refractivity contribution in [3.8, 4) is 0 Å². The van der Waals surface area contributed by atoms with Crippen LogP contribution in [0.15, 0.2) is 42.5 Å². The first-order valence-corrected chi connectivity index (χ1v) is 9.61. The van der Waals surface area contributed by atoms with Crippen LogP contribution in [-0.2, 0) is 11.3 Å². The van der Waals surface area contributed by atoms with Gasteiger partial charge in [-0.25, -0.2) is 4.39 Å². The summed E-state index contributed by atoms with van der Waals surface area (Å²) in [5.74, 6) is -0.554. The molecule has 1 aliphatic rings. The molecule has 144 valence electrons. The lowest BCUT2D eigenvalue weighted by Crippen LogP contribution is -2.48. The van der Waals surface area contributed by atoms with Crippen molar-refractivity contribution >= 4 is 29.1 Å². The number of benzene rings is 2. The molecule has 4 nitrogen and oxygen atoms in total. The smallest absolute Gasteiger partial charge is 0.242 e. The number of amides is 1. The molecule has 0 bridgehead atoms. The second kappa shape index (κ2) is 9.02. The number of rotatable bonds is 6. The monoisotopic (exact) mass is 410 g/mol. The number of likely N-dealkylation sites (tertiary alicyclic amines) is 1. The number of halogens is 3. The SMILES string of the molecule is O=C([C@H](NCc1ccc(Cl)c(Cl)c1)[C@@H](O)c1ccc(F)cc1)N1CCCC1. The van der Waals surface area contributed by atoms with E-state index in [4.69, 9.17) is 23.2 Å². The van der Waals surface area contributed by atoms with Crippen molar-refractivity contribution in [1.82, 2.24) is 10.2 Å². The molecule has 1 amide bonds. The number of carbonyl (C=O) groups is 1. The molecule has 1 aliphatic heterocycles. The highest BCUT2D eigenvalue weighted by Crippen LogP contribution is 2.24. The molecule has 0 radical (unpaired) electrons. The Morgan fingerprint density at radius 3 is 2.41 bits per heavy atom. The number of nitrogens with zero attached hydrogens (tertiary/aromatic N) is 1. The fraction of sp³-hybridized carbons (Fsp3) is 0.350. The third-order valence-corrected chi connectivity index (χ3v) is 5.46. The van der Waals surface area contributed by atoms with Gasteiger partial charge in [-0.1, -0.05) is 41.4 Å². The molecule has 2 aromatic rings. The van der Waals surface area contributed by atoms with E-state index >= 15 is 0 Å². The Bertz CT molecular complexity index is 795. The normalized spacial score (nSPS) is 16.4. The fourth-order valence-electron chi connectivity index (χ4n) is 3.20. The van der Waals surface area contributed by atoms with Gasteiger partial charge < -0.3 is 10.0 Å². The van der Waals surface area contributed by atoms with Crippen LogP contribution in [0.5, 0.6) is 0 Å². The molecule has 7 heteroatoms. The Morgan fingerprint density at radius 1 is 1.11 bits per heavy atom. The lowest BCUT2D eigenvalue weighted by molar-refractivity contribution is -0.135. The zero-order valence-electron chi connectivity index (χ0n) is 14.7. The van der Waals surface area contributed by atoms with Crippen LogP contribution in [0.4, 0.5) is 4.39 Å². The average molecular weight is 411 g/mol. The molecule has 1 saturated heterocycles. The topological polar surface area (TPSA) is 52.6 Å². The summed E-state index contributed by atoms with van der Waals surface area (Å²) >= 11 is 12.0. The van der Waals surface area contributed by atoms with Gasteiger partial charge in [-0.3, -0.25) is 10.1 Å². The van der Waals surface area contributed by atoms with Crippen molar-refractivity contribution < 1.29 is 14.3 Å². The molecule has 2 aromatic carbocycles. The highest BCUT2D eigenvalue weighted by Gasteiger charge is 2.32. The zero-order valence-corrected chi connectivity index (χ0v) is 16.2. The molecule has 1 fully saturated rings. The number of hydrogen-bond acceptors (Lipinski definition) is 3. The van der Waals surface area contributed by atoms with E-state index < -0.39 is 18.0 Å². The molecule has 27 heavy (non-hydrogen) atoms. The first-order chi connectivity index (χ1) is 13.0. The van der Waals surface area contributed by atoms with Crippen LogP contribution in [0.3, 0.4) is 0 Å². The predicted octanol–water partition coefficient (Wildman–Crippen LogP) is 3.95. The standard InChI is InChI=1S/C20H21Cl2FN2O2/c21-16-8-3-13(11-17(16)22)12-24-18(20(27)25-9-1-2-10-25)19(26)14-4-6-15(23)7-5-14/h3-8,11,18-19,24,26H,1-2,9-10,12H2/t18-,19+/m1/s1. The summed E-state index contributed by atoms with van der Waals surface area (Å²) in [5, 5.41) is 14.8. The molecule has 0 aromatic heterocycles. The van der Waals surface area contributed by atoms with Gasteiger partial charge in [0.2, 0.25) is 5.91 Å². The molecule has 1 heterocycles. The van der Waals surface area contributed by atoms with Crippen LogP contribution in [0.25, 0.3) is 0 Å². The minimum Gasteiger partial charge on any atom is -0.386 e. The van der Waals surface area contributed by atoms with Gasteiger partial charge in [-0.05, 0) is 48.2 Å². The van der Waals surface area contributed by atoms with Crippen LogP contribution in [0, 0.1) is 5.82 Å². The Hall–Kier alpha value is -1.66. The summed E-state index contributed by atoms with van der Waals surface area (Å²) in [5.41, 5.74) is 1.32. The highest BCUT2D eigenvalue weighted by atomic mass is 35.5. The minimum atomic E-state index is -1.10. The Labute approximate surface area is 167 Å². The lowest BCUT2D eigenvalue weighted by atomic mass is 10.0. The molecular formula is C20H21Cl2FN2O2. The van der Waals surface area contributed by atoms with E-state index in [0.717, 1.165) is 18.4 Å². The van der Waals surface area contributed by atoms with Gasteiger partial charge in [0.05, 0.1) is 10.0 Å². The molecule has 0 aliphatic carbocycles. The van der Waals surface area contributed by atoms with Crippen molar-refractivity contribution in [1.29, 1.82) is 0 Å². The molecule has 2 N–H and O–H groups in total.